The van der Waals surface area contributed by atoms with Gasteiger partial charge in [0.2, 0.25) is 0 Å². The molecule has 1 amide bonds. The third-order valence-corrected chi connectivity index (χ3v) is 4.54. The molecule has 1 aliphatic rings. The van der Waals surface area contributed by atoms with Crippen molar-refractivity contribution in [1.82, 2.24) is 10.2 Å². The number of amides is 1. The van der Waals surface area contributed by atoms with Crippen molar-refractivity contribution < 1.29 is 21.9 Å². The summed E-state index contributed by atoms with van der Waals surface area (Å²) in [5.74, 6) is 0.645. The smallest absolute Gasteiger partial charge is 0.251 e. The zero-order chi connectivity index (χ0) is 17.5. The Morgan fingerprint density at radius 3 is 2.46 bits per heavy atom. The van der Waals surface area contributed by atoms with Gasteiger partial charge >= 0.3 is 0 Å². The Morgan fingerprint density at radius 1 is 1.04 bits per heavy atom. The van der Waals surface area contributed by atoms with Gasteiger partial charge in [0.05, 0.1) is 7.11 Å². The fourth-order valence-corrected chi connectivity index (χ4v) is 3.06. The van der Waals surface area contributed by atoms with Crippen LogP contribution in [0.5, 0.6) is 5.75 Å². The van der Waals surface area contributed by atoms with Gasteiger partial charge in [-0.1, -0.05) is 24.3 Å². The zero-order valence-corrected chi connectivity index (χ0v) is 15.8. The van der Waals surface area contributed by atoms with Crippen LogP contribution in [-0.2, 0) is 0 Å². The summed E-state index contributed by atoms with van der Waals surface area (Å²) in [7, 11) is 1.60. The van der Waals surface area contributed by atoms with Gasteiger partial charge in [0.1, 0.15) is 5.75 Å². The lowest BCUT2D eigenvalue weighted by Gasteiger charge is -2.36. The molecule has 0 spiro atoms. The molecular weight excluding hydrogens is 350 g/mol. The average molecular weight is 375 g/mol. The number of nitrogens with one attached hydrogen (secondary N) is 1. The molecule has 0 aromatic heterocycles. The van der Waals surface area contributed by atoms with Gasteiger partial charge in [0.15, 0.2) is 0 Å². The van der Waals surface area contributed by atoms with E-state index in [9.17, 15) is 4.79 Å². The lowest BCUT2D eigenvalue weighted by molar-refractivity contribution is -0.0000137. The number of hydrogen-bond donors (Lipinski definition) is 1. The summed E-state index contributed by atoms with van der Waals surface area (Å²) in [6, 6.07) is 17.7. The Bertz CT molecular complexity index is 688. The summed E-state index contributed by atoms with van der Waals surface area (Å²) >= 11 is 0. The molecule has 0 unspecified atom stereocenters. The first-order valence-corrected chi connectivity index (χ1v) is 8.71. The molecule has 2 aromatic carbocycles. The Labute approximate surface area is 161 Å². The summed E-state index contributed by atoms with van der Waals surface area (Å²) in [5.41, 5.74) is 1.92. The third-order valence-electron chi connectivity index (χ3n) is 4.54. The van der Waals surface area contributed by atoms with E-state index in [1.165, 1.54) is 5.69 Å². The van der Waals surface area contributed by atoms with Crippen LogP contribution in [0.3, 0.4) is 0 Å². The molecule has 1 N–H and O–H groups in total. The number of halogens is 1. The number of nitrogens with zero attached hydrogens (tertiary/aromatic N) is 2. The number of methoxy groups -OCH3 is 1. The molecule has 26 heavy (non-hydrogen) atoms. The molecule has 0 atom stereocenters. The number of rotatable bonds is 6. The summed E-state index contributed by atoms with van der Waals surface area (Å²) in [6.45, 7) is 5.61. The number of benzene rings is 2. The van der Waals surface area contributed by atoms with Crippen LogP contribution >= 0.6 is 0 Å². The first kappa shape index (κ1) is 20.1. The van der Waals surface area contributed by atoms with Crippen LogP contribution in [0.15, 0.2) is 54.6 Å². The predicted octanol–water partition coefficient (Wildman–Crippen LogP) is -0.749. The van der Waals surface area contributed by atoms with E-state index >= 15 is 0 Å². The highest BCUT2D eigenvalue weighted by atomic mass is 35.5. The molecule has 1 aliphatic heterocycles. The molecule has 0 aliphatic carbocycles. The Hall–Kier alpha value is -2.24. The van der Waals surface area contributed by atoms with Gasteiger partial charge in [0.25, 0.3) is 5.91 Å². The summed E-state index contributed by atoms with van der Waals surface area (Å²) in [6.07, 6.45) is 0. The fourth-order valence-electron chi connectivity index (χ4n) is 3.06. The van der Waals surface area contributed by atoms with Gasteiger partial charge in [-0.15, -0.1) is 0 Å². The summed E-state index contributed by atoms with van der Waals surface area (Å²) in [5, 5.41) is 2.99. The SMILES string of the molecule is COc1cccc(C(=O)NCCN2CCN(c3ccccc3)CC2)c1.[Cl-]. The highest BCUT2D eigenvalue weighted by Gasteiger charge is 2.17. The molecule has 5 nitrogen and oxygen atoms in total. The van der Waals surface area contributed by atoms with Crippen molar-refractivity contribution in [2.75, 3.05) is 51.3 Å². The number of anilines is 1. The minimum atomic E-state index is -0.0539. The topological polar surface area (TPSA) is 44.8 Å². The molecule has 140 valence electrons. The molecule has 1 fully saturated rings. The second kappa shape index (κ2) is 10.0. The first-order valence-electron chi connectivity index (χ1n) is 8.71. The van der Waals surface area contributed by atoms with E-state index in [1.54, 1.807) is 19.2 Å². The maximum atomic E-state index is 12.2. The fraction of sp³-hybridized carbons (Fsp3) is 0.350. The van der Waals surface area contributed by atoms with E-state index in [1.807, 2.05) is 18.2 Å². The maximum Gasteiger partial charge on any atom is 0.251 e. The van der Waals surface area contributed by atoms with Crippen molar-refractivity contribution in [1.29, 1.82) is 0 Å². The molecule has 0 bridgehead atoms. The highest BCUT2D eigenvalue weighted by molar-refractivity contribution is 5.94. The zero-order valence-electron chi connectivity index (χ0n) is 15.0. The van der Waals surface area contributed by atoms with Gasteiger partial charge in [-0.2, -0.15) is 0 Å². The van der Waals surface area contributed by atoms with Crippen LogP contribution in [0.4, 0.5) is 5.69 Å². The second-order valence-corrected chi connectivity index (χ2v) is 6.15. The lowest BCUT2D eigenvalue weighted by atomic mass is 10.2. The minimum absolute atomic E-state index is 0. The van der Waals surface area contributed by atoms with Gasteiger partial charge < -0.3 is 27.4 Å². The quantitative estimate of drug-likeness (QED) is 0.723. The highest BCUT2D eigenvalue weighted by Crippen LogP contribution is 2.15. The molecule has 0 radical (unpaired) electrons. The molecule has 3 rings (SSSR count). The van der Waals surface area contributed by atoms with Crippen LogP contribution in [-0.4, -0.2) is 57.2 Å². The monoisotopic (exact) mass is 374 g/mol. The number of para-hydroxylation sites is 1. The van der Waals surface area contributed by atoms with E-state index in [-0.39, 0.29) is 18.3 Å². The molecule has 2 aromatic rings. The van der Waals surface area contributed by atoms with E-state index in [2.05, 4.69) is 39.4 Å². The van der Waals surface area contributed by atoms with Crippen LogP contribution in [0.1, 0.15) is 10.4 Å². The number of carbonyl (C=O) groups is 1. The summed E-state index contributed by atoms with van der Waals surface area (Å²) in [4.78, 5) is 17.0. The Kier molecular flexibility index (Phi) is 7.75. The summed E-state index contributed by atoms with van der Waals surface area (Å²) < 4.78 is 5.16. The lowest BCUT2D eigenvalue weighted by Crippen LogP contribution is -3.00. The van der Waals surface area contributed by atoms with Crippen molar-refractivity contribution in [3.8, 4) is 5.75 Å². The van der Waals surface area contributed by atoms with Gasteiger partial charge in [0, 0.05) is 50.5 Å². The van der Waals surface area contributed by atoms with Gasteiger partial charge in [-0.25, -0.2) is 0 Å². The van der Waals surface area contributed by atoms with Gasteiger partial charge in [-0.05, 0) is 30.3 Å². The Balaban J connectivity index is 0.00000243. The average Bonchev–Trinajstić information content (AvgIpc) is 2.69. The first-order chi connectivity index (χ1) is 12.3. The number of ether oxygens (including phenoxy) is 1. The van der Waals surface area contributed by atoms with Crippen molar-refractivity contribution in [3.05, 3.63) is 60.2 Å². The minimum Gasteiger partial charge on any atom is -1.00 e. The number of carbonyl (C=O) groups excluding carboxylic acids is 1. The van der Waals surface area contributed by atoms with E-state index < -0.39 is 0 Å². The number of piperazine rings is 1. The Morgan fingerprint density at radius 2 is 1.77 bits per heavy atom. The number of hydrogen-bond acceptors (Lipinski definition) is 4. The van der Waals surface area contributed by atoms with E-state index in [0.717, 1.165) is 32.7 Å². The van der Waals surface area contributed by atoms with Gasteiger partial charge in [-0.3, -0.25) is 9.69 Å². The van der Waals surface area contributed by atoms with Crippen LogP contribution in [0.2, 0.25) is 0 Å². The van der Waals surface area contributed by atoms with Crippen molar-refractivity contribution in [3.63, 3.8) is 0 Å². The van der Waals surface area contributed by atoms with Crippen LogP contribution in [0, 0.1) is 0 Å². The standard InChI is InChI=1S/C20H25N3O2.ClH/c1-25-19-9-5-6-17(16-19)20(24)21-10-11-22-12-14-23(15-13-22)18-7-3-2-4-8-18;/h2-9,16H,10-15H2,1H3,(H,21,24);1H/p-1. The van der Waals surface area contributed by atoms with Crippen molar-refractivity contribution in [2.24, 2.45) is 0 Å². The van der Waals surface area contributed by atoms with Crippen molar-refractivity contribution in [2.45, 2.75) is 0 Å². The van der Waals surface area contributed by atoms with E-state index in [4.69, 9.17) is 4.74 Å². The largest absolute Gasteiger partial charge is 1.00 e. The van der Waals surface area contributed by atoms with E-state index in [0.29, 0.717) is 17.9 Å². The predicted molar refractivity (Wildman–Crippen MR) is 100 cm³/mol. The maximum absolute atomic E-state index is 12.2. The molecule has 1 saturated heterocycles. The molecule has 6 heteroatoms. The third kappa shape index (κ3) is 5.38. The molecule has 1 heterocycles. The normalized spacial score (nSPS) is 14.4. The van der Waals surface area contributed by atoms with Crippen LogP contribution < -0.4 is 27.4 Å². The second-order valence-electron chi connectivity index (χ2n) is 6.15. The van der Waals surface area contributed by atoms with Crippen molar-refractivity contribution >= 4 is 11.6 Å². The molecule has 0 saturated carbocycles. The molecular formula is C20H25ClN3O2-. The van der Waals surface area contributed by atoms with Crippen LogP contribution in [0.25, 0.3) is 0 Å².